The van der Waals surface area contributed by atoms with Crippen LogP contribution in [0.25, 0.3) is 10.4 Å². The van der Waals surface area contributed by atoms with Gasteiger partial charge in [-0.05, 0) is 60.4 Å². The number of hydrogen-bond acceptors (Lipinski definition) is 9. The van der Waals surface area contributed by atoms with Crippen molar-refractivity contribution in [3.8, 4) is 10.4 Å². The number of carbonyl (C=O) groups excluding carboxylic acids is 5. The normalized spacial score (nSPS) is 15.5. The summed E-state index contributed by atoms with van der Waals surface area (Å²) in [4.78, 5) is 72.0. The van der Waals surface area contributed by atoms with Gasteiger partial charge in [0, 0.05) is 51.0 Å². The summed E-state index contributed by atoms with van der Waals surface area (Å²) in [6.45, 7) is 11.3. The molecule has 3 aromatic rings. The molecule has 13 nitrogen and oxygen atoms in total. The fraction of sp³-hybridized carbons (Fsp3) is 0.583. The molecule has 1 saturated heterocycles. The number of unbranched alkanes of at least 4 members (excludes halogenated alkanes) is 10. The van der Waals surface area contributed by atoms with Crippen LogP contribution in [0.4, 0.5) is 0 Å². The molecule has 62 heavy (non-hydrogen) atoms. The number of likely N-dealkylation sites (tertiary alicyclic amines) is 1. The smallest absolute Gasteiger partial charge is 0.265 e. The topological polar surface area (TPSA) is 182 Å². The number of aromatic nitrogens is 1. The van der Waals surface area contributed by atoms with Crippen LogP contribution in [0.5, 0.6) is 0 Å². The highest BCUT2D eigenvalue weighted by atomic mass is 32.1. The number of aliphatic hydroxyl groups excluding tert-OH is 1. The number of β-amino-alcohol motifs (C(OH)–C–C–N with tert-alkyl or cyclic N) is 1. The number of thiazole rings is 1. The molecule has 0 bridgehead atoms. The van der Waals surface area contributed by atoms with Crippen molar-refractivity contribution < 1.29 is 29.1 Å². The lowest BCUT2D eigenvalue weighted by Crippen LogP contribution is -2.57. The first kappa shape index (κ1) is 50.0. The number of nitrogens with one attached hydrogen (secondary N) is 5. The number of benzene rings is 2. The Morgan fingerprint density at radius 2 is 1.37 bits per heavy atom. The third-order valence-corrected chi connectivity index (χ3v) is 12.3. The summed E-state index contributed by atoms with van der Waals surface area (Å²) in [7, 11) is 0. The van der Waals surface area contributed by atoms with Crippen LogP contribution in [0.3, 0.4) is 0 Å². The molecule has 1 aliphatic rings. The van der Waals surface area contributed by atoms with Gasteiger partial charge < -0.3 is 26.0 Å². The minimum atomic E-state index is -0.848. The van der Waals surface area contributed by atoms with Gasteiger partial charge in [-0.15, -0.1) is 11.3 Å². The van der Waals surface area contributed by atoms with Gasteiger partial charge in [-0.3, -0.25) is 29.4 Å². The fourth-order valence-corrected chi connectivity index (χ4v) is 8.38. The summed E-state index contributed by atoms with van der Waals surface area (Å²) in [5, 5.41) is 19.4. The summed E-state index contributed by atoms with van der Waals surface area (Å²) in [5.74, 6) is -1.04. The van der Waals surface area contributed by atoms with E-state index in [0.717, 1.165) is 91.6 Å². The molecule has 2 aromatic carbocycles. The molecule has 340 valence electrons. The van der Waals surface area contributed by atoms with Gasteiger partial charge in [0.15, 0.2) is 0 Å². The van der Waals surface area contributed by atoms with E-state index in [2.05, 4.69) is 38.7 Å². The lowest BCUT2D eigenvalue weighted by molar-refractivity contribution is -0.144. The van der Waals surface area contributed by atoms with E-state index in [1.165, 1.54) is 17.7 Å². The van der Waals surface area contributed by atoms with E-state index < -0.39 is 23.6 Å². The Balaban J connectivity index is 1.06. The van der Waals surface area contributed by atoms with E-state index in [0.29, 0.717) is 31.4 Å². The van der Waals surface area contributed by atoms with Crippen molar-refractivity contribution in [1.82, 2.24) is 36.7 Å². The van der Waals surface area contributed by atoms with Gasteiger partial charge >= 0.3 is 0 Å². The average molecular weight is 874 g/mol. The van der Waals surface area contributed by atoms with Crippen molar-refractivity contribution in [3.05, 3.63) is 76.4 Å². The van der Waals surface area contributed by atoms with Gasteiger partial charge in [0.2, 0.25) is 23.6 Å². The molecule has 0 spiro atoms. The number of hydrazine groups is 1. The first-order valence-corrected chi connectivity index (χ1v) is 23.6. The number of aryl methyl sites for hydroxylation is 1. The predicted molar refractivity (Wildman–Crippen MR) is 246 cm³/mol. The van der Waals surface area contributed by atoms with Gasteiger partial charge in [0.25, 0.3) is 5.91 Å². The van der Waals surface area contributed by atoms with Crippen LogP contribution < -0.4 is 26.8 Å². The van der Waals surface area contributed by atoms with Crippen molar-refractivity contribution >= 4 is 40.9 Å². The van der Waals surface area contributed by atoms with Gasteiger partial charge in [-0.25, -0.2) is 10.4 Å². The highest BCUT2D eigenvalue weighted by Crippen LogP contribution is 2.28. The number of hydrogen-bond donors (Lipinski definition) is 6. The molecule has 0 unspecified atom stereocenters. The van der Waals surface area contributed by atoms with Crippen LogP contribution in [0, 0.1) is 12.3 Å². The number of aliphatic hydroxyl groups is 1. The summed E-state index contributed by atoms with van der Waals surface area (Å²) < 4.78 is 0. The van der Waals surface area contributed by atoms with Crippen molar-refractivity contribution in [2.45, 2.75) is 162 Å². The number of amides is 5. The van der Waals surface area contributed by atoms with E-state index in [1.54, 1.807) is 23.5 Å². The molecule has 6 N–H and O–H groups in total. The molecule has 0 saturated carbocycles. The van der Waals surface area contributed by atoms with Gasteiger partial charge in [0.1, 0.15) is 12.1 Å². The molecule has 0 radical (unpaired) electrons. The standard InChI is InChI=1S/C48H71N7O6S/c1-6-7-8-17-28-52-54-45(59)38-26-22-35(23-27-38)30-49-41(57)18-15-13-11-9-10-12-14-16-19-42(58)53-44(48(3,4)5)47(61)55-32-39(56)29-40(55)46(60)50-31-36-20-24-37(25-21-36)43-34(2)51-33-62-43/h20-27,33,39-40,44,52,56H,6-19,28-32H2,1-5H3,(H,49,57)(H,50,60)(H,53,58)(H,54,59)/t39-,40+,44-/m1/s1. The molecule has 0 aliphatic carbocycles. The maximum atomic E-state index is 14.0. The zero-order valence-corrected chi connectivity index (χ0v) is 38.5. The fourth-order valence-electron chi connectivity index (χ4n) is 7.56. The first-order chi connectivity index (χ1) is 29.8. The van der Waals surface area contributed by atoms with E-state index in [9.17, 15) is 29.1 Å². The highest BCUT2D eigenvalue weighted by molar-refractivity contribution is 7.13. The largest absolute Gasteiger partial charge is 0.391 e. The molecule has 4 rings (SSSR count). The number of rotatable bonds is 26. The van der Waals surface area contributed by atoms with Gasteiger partial charge in [-0.2, -0.15) is 0 Å². The van der Waals surface area contributed by atoms with Crippen LogP contribution in [-0.4, -0.2) is 75.8 Å². The lowest BCUT2D eigenvalue weighted by Gasteiger charge is -2.35. The second kappa shape index (κ2) is 26.1. The lowest BCUT2D eigenvalue weighted by atomic mass is 9.85. The zero-order chi connectivity index (χ0) is 44.9. The van der Waals surface area contributed by atoms with Gasteiger partial charge in [-0.1, -0.05) is 122 Å². The molecular weight excluding hydrogens is 803 g/mol. The van der Waals surface area contributed by atoms with Crippen molar-refractivity contribution in [1.29, 1.82) is 0 Å². The second-order valence-corrected chi connectivity index (χ2v) is 18.5. The van der Waals surface area contributed by atoms with Crippen LogP contribution in [0.2, 0.25) is 0 Å². The Hall–Kier alpha value is -4.66. The van der Waals surface area contributed by atoms with Crippen molar-refractivity contribution in [3.63, 3.8) is 0 Å². The molecule has 1 fully saturated rings. The molecule has 1 aliphatic heterocycles. The predicted octanol–water partition coefficient (Wildman–Crippen LogP) is 7.26. The first-order valence-electron chi connectivity index (χ1n) is 22.7. The quantitative estimate of drug-likeness (QED) is 0.0360. The van der Waals surface area contributed by atoms with Crippen LogP contribution >= 0.6 is 11.3 Å². The summed E-state index contributed by atoms with van der Waals surface area (Å²) in [5.41, 5.74) is 11.4. The van der Waals surface area contributed by atoms with E-state index in [4.69, 9.17) is 0 Å². The second-order valence-electron chi connectivity index (χ2n) is 17.7. The van der Waals surface area contributed by atoms with Crippen LogP contribution in [0.15, 0.2) is 54.0 Å². The third kappa shape index (κ3) is 16.9. The van der Waals surface area contributed by atoms with E-state index in [1.807, 2.05) is 69.6 Å². The molecule has 5 amide bonds. The van der Waals surface area contributed by atoms with Crippen molar-refractivity contribution in [2.24, 2.45) is 5.41 Å². The van der Waals surface area contributed by atoms with Crippen molar-refractivity contribution in [2.75, 3.05) is 13.1 Å². The molecule has 2 heterocycles. The molecule has 3 atom stereocenters. The molecular formula is C48H71N7O6S. The minimum Gasteiger partial charge on any atom is -0.391 e. The van der Waals surface area contributed by atoms with E-state index in [-0.39, 0.29) is 49.0 Å². The Bertz CT molecular complexity index is 1860. The number of carbonyl (C=O) groups is 5. The summed E-state index contributed by atoms with van der Waals surface area (Å²) in [6.07, 6.45) is 12.2. The highest BCUT2D eigenvalue weighted by Gasteiger charge is 2.44. The van der Waals surface area contributed by atoms with E-state index >= 15 is 0 Å². The zero-order valence-electron chi connectivity index (χ0n) is 37.7. The van der Waals surface area contributed by atoms with Gasteiger partial charge in [0.05, 0.1) is 22.2 Å². The SMILES string of the molecule is CCCCCCNNC(=O)c1ccc(CNC(=O)CCCCCCCCCCC(=O)N[C@H](C(=O)N2C[C@H](O)C[C@H]2C(=O)NCc2ccc(-c3scnc3C)cc2)C(C)(C)C)cc1. The molecule has 14 heteroatoms. The maximum absolute atomic E-state index is 14.0. The Morgan fingerprint density at radius 3 is 1.97 bits per heavy atom. The Labute approximate surface area is 373 Å². The van der Waals surface area contributed by atoms with Crippen LogP contribution in [-0.2, 0) is 32.3 Å². The summed E-state index contributed by atoms with van der Waals surface area (Å²) >= 11 is 1.58. The Kier molecular flexibility index (Phi) is 21.0. The third-order valence-electron chi connectivity index (χ3n) is 11.3. The monoisotopic (exact) mass is 874 g/mol. The Morgan fingerprint density at radius 1 is 0.790 bits per heavy atom. The molecule has 1 aromatic heterocycles. The minimum absolute atomic E-state index is 0.0207. The average Bonchev–Trinajstić information content (AvgIpc) is 3.87. The maximum Gasteiger partial charge on any atom is 0.265 e. The number of nitrogens with zero attached hydrogens (tertiary/aromatic N) is 2. The van der Waals surface area contributed by atoms with Crippen LogP contribution in [0.1, 0.15) is 151 Å². The summed E-state index contributed by atoms with van der Waals surface area (Å²) in [6, 6.07) is 13.5.